The third-order valence-corrected chi connectivity index (χ3v) is 1.73. The zero-order chi connectivity index (χ0) is 10.6. The quantitative estimate of drug-likeness (QED) is 0.778. The summed E-state index contributed by atoms with van der Waals surface area (Å²) in [5.74, 6) is -0.989. The van der Waals surface area contributed by atoms with Gasteiger partial charge in [-0.25, -0.2) is 4.39 Å². The zero-order valence-corrected chi connectivity index (χ0v) is 7.67. The summed E-state index contributed by atoms with van der Waals surface area (Å²) in [6.07, 6.45) is -0.270. The lowest BCUT2D eigenvalue weighted by atomic mass is 10.2. The molecule has 0 aliphatic heterocycles. The fraction of sp³-hybridized carbons (Fsp3) is 0.200. The molecule has 1 amide bonds. The number of aryl methyl sites for hydroxylation is 1. The minimum atomic E-state index is -0.499. The van der Waals surface area contributed by atoms with Gasteiger partial charge >= 0.3 is 0 Å². The molecule has 4 heteroatoms. The average molecular weight is 192 g/mol. The van der Waals surface area contributed by atoms with Crippen LogP contribution >= 0.6 is 0 Å². The molecular formula is C10H9FN2O. The van der Waals surface area contributed by atoms with Crippen LogP contribution in [-0.2, 0) is 4.79 Å². The predicted molar refractivity (Wildman–Crippen MR) is 50.0 cm³/mol. The van der Waals surface area contributed by atoms with Crippen LogP contribution in [0.2, 0.25) is 0 Å². The Hall–Kier alpha value is -1.89. The molecule has 1 aromatic rings. The van der Waals surface area contributed by atoms with Gasteiger partial charge in [0.25, 0.3) is 0 Å². The molecule has 0 aliphatic rings. The number of nitriles is 1. The lowest BCUT2D eigenvalue weighted by Crippen LogP contribution is -2.12. The van der Waals surface area contributed by atoms with E-state index >= 15 is 0 Å². The molecule has 0 radical (unpaired) electrons. The van der Waals surface area contributed by atoms with Crippen LogP contribution in [0.1, 0.15) is 12.0 Å². The fourth-order valence-electron chi connectivity index (χ4n) is 1.05. The molecule has 0 unspecified atom stereocenters. The number of carbonyl (C=O) groups is 1. The molecule has 0 aromatic heterocycles. The number of halogens is 1. The first kappa shape index (κ1) is 10.2. The Labute approximate surface area is 81.2 Å². The maximum atomic E-state index is 13.2. The van der Waals surface area contributed by atoms with E-state index in [1.54, 1.807) is 25.1 Å². The first-order valence-electron chi connectivity index (χ1n) is 4.07. The van der Waals surface area contributed by atoms with Crippen LogP contribution in [0.25, 0.3) is 0 Å². The summed E-state index contributed by atoms with van der Waals surface area (Å²) >= 11 is 0. The molecule has 0 fully saturated rings. The number of amides is 1. The minimum absolute atomic E-state index is 0.146. The van der Waals surface area contributed by atoms with Crippen LogP contribution < -0.4 is 5.32 Å². The Bertz CT molecular complexity index is 375. The summed E-state index contributed by atoms with van der Waals surface area (Å²) in [6, 6.07) is 6.20. The summed E-state index contributed by atoms with van der Waals surface area (Å²) in [7, 11) is 0. The highest BCUT2D eigenvalue weighted by molar-refractivity contribution is 5.92. The Balaban J connectivity index is 2.87. The van der Waals surface area contributed by atoms with E-state index in [-0.39, 0.29) is 12.1 Å². The number of anilines is 1. The number of benzene rings is 1. The zero-order valence-electron chi connectivity index (χ0n) is 7.67. The maximum absolute atomic E-state index is 13.2. The van der Waals surface area contributed by atoms with Gasteiger partial charge in [0.1, 0.15) is 12.2 Å². The van der Waals surface area contributed by atoms with Gasteiger partial charge in [-0.1, -0.05) is 12.1 Å². The molecule has 1 N–H and O–H groups in total. The lowest BCUT2D eigenvalue weighted by Gasteiger charge is -2.07. The summed E-state index contributed by atoms with van der Waals surface area (Å²) < 4.78 is 13.2. The van der Waals surface area contributed by atoms with E-state index in [4.69, 9.17) is 5.26 Å². The molecule has 3 nitrogen and oxygen atoms in total. The van der Waals surface area contributed by atoms with Crippen LogP contribution in [0.4, 0.5) is 10.1 Å². The van der Waals surface area contributed by atoms with E-state index in [9.17, 15) is 9.18 Å². The molecule has 0 saturated carbocycles. The van der Waals surface area contributed by atoms with Gasteiger partial charge in [-0.05, 0) is 18.6 Å². The van der Waals surface area contributed by atoms with Gasteiger partial charge in [0.2, 0.25) is 5.91 Å². The predicted octanol–water partition coefficient (Wildman–Crippen LogP) is 1.99. The van der Waals surface area contributed by atoms with Gasteiger partial charge in [-0.15, -0.1) is 0 Å². The van der Waals surface area contributed by atoms with Crippen molar-refractivity contribution >= 4 is 11.6 Å². The van der Waals surface area contributed by atoms with Gasteiger partial charge < -0.3 is 5.32 Å². The van der Waals surface area contributed by atoms with Crippen LogP contribution in [-0.4, -0.2) is 5.91 Å². The highest BCUT2D eigenvalue weighted by Gasteiger charge is 2.08. The van der Waals surface area contributed by atoms with E-state index in [1.165, 1.54) is 6.07 Å². The van der Waals surface area contributed by atoms with Crippen LogP contribution in [0, 0.1) is 24.1 Å². The molecule has 0 bridgehead atoms. The fourth-order valence-corrected chi connectivity index (χ4v) is 1.05. The summed E-state index contributed by atoms with van der Waals surface area (Å²) in [5, 5.41) is 10.6. The van der Waals surface area contributed by atoms with Gasteiger partial charge in [-0.2, -0.15) is 5.26 Å². The second-order valence-electron chi connectivity index (χ2n) is 2.81. The van der Waals surface area contributed by atoms with E-state index in [1.807, 2.05) is 0 Å². The minimum Gasteiger partial charge on any atom is -0.322 e. The number of para-hydroxylation sites is 1. The van der Waals surface area contributed by atoms with E-state index in [0.29, 0.717) is 5.56 Å². The molecule has 0 saturated heterocycles. The van der Waals surface area contributed by atoms with Crippen molar-refractivity contribution in [3.63, 3.8) is 0 Å². The number of nitrogens with one attached hydrogen (secondary N) is 1. The SMILES string of the molecule is Cc1cccc(F)c1NC(=O)CC#N. The third-order valence-electron chi connectivity index (χ3n) is 1.73. The Morgan fingerprint density at radius 2 is 2.36 bits per heavy atom. The van der Waals surface area contributed by atoms with Crippen LogP contribution in [0.3, 0.4) is 0 Å². The molecule has 0 atom stereocenters. The molecule has 1 aromatic carbocycles. The van der Waals surface area contributed by atoms with Crippen molar-refractivity contribution in [1.82, 2.24) is 0 Å². The van der Waals surface area contributed by atoms with Gasteiger partial charge in [0, 0.05) is 0 Å². The topological polar surface area (TPSA) is 52.9 Å². The Kier molecular flexibility index (Phi) is 3.19. The molecule has 72 valence electrons. The van der Waals surface area contributed by atoms with Crippen molar-refractivity contribution in [2.45, 2.75) is 13.3 Å². The number of carbonyl (C=O) groups excluding carboxylic acids is 1. The average Bonchev–Trinajstić information content (AvgIpc) is 2.12. The highest BCUT2D eigenvalue weighted by atomic mass is 19.1. The Morgan fingerprint density at radius 3 is 2.93 bits per heavy atom. The summed E-state index contributed by atoms with van der Waals surface area (Å²) in [4.78, 5) is 11.0. The number of hydrogen-bond acceptors (Lipinski definition) is 2. The van der Waals surface area contributed by atoms with Crippen LogP contribution in [0.5, 0.6) is 0 Å². The first-order chi connectivity index (χ1) is 6.65. The number of hydrogen-bond donors (Lipinski definition) is 1. The van der Waals surface area contributed by atoms with E-state index in [0.717, 1.165) is 0 Å². The largest absolute Gasteiger partial charge is 0.322 e. The summed E-state index contributed by atoms with van der Waals surface area (Å²) in [6.45, 7) is 1.69. The first-order valence-corrected chi connectivity index (χ1v) is 4.07. The molecule has 0 heterocycles. The van der Waals surface area contributed by atoms with Crippen LogP contribution in [0.15, 0.2) is 18.2 Å². The van der Waals surface area contributed by atoms with Gasteiger partial charge in [-0.3, -0.25) is 4.79 Å². The Morgan fingerprint density at radius 1 is 1.64 bits per heavy atom. The number of nitrogens with zero attached hydrogens (tertiary/aromatic N) is 1. The second kappa shape index (κ2) is 4.38. The maximum Gasteiger partial charge on any atom is 0.238 e. The second-order valence-corrected chi connectivity index (χ2v) is 2.81. The van der Waals surface area contributed by atoms with Crippen molar-refractivity contribution < 1.29 is 9.18 Å². The monoisotopic (exact) mass is 192 g/mol. The number of rotatable bonds is 2. The molecular weight excluding hydrogens is 183 g/mol. The smallest absolute Gasteiger partial charge is 0.238 e. The lowest BCUT2D eigenvalue weighted by molar-refractivity contribution is -0.115. The van der Waals surface area contributed by atoms with E-state index < -0.39 is 11.7 Å². The van der Waals surface area contributed by atoms with Gasteiger partial charge in [0.15, 0.2) is 0 Å². The van der Waals surface area contributed by atoms with Crippen molar-refractivity contribution in [3.8, 4) is 6.07 Å². The molecule has 1 rings (SSSR count). The van der Waals surface area contributed by atoms with Crippen molar-refractivity contribution in [2.24, 2.45) is 0 Å². The third kappa shape index (κ3) is 2.30. The van der Waals surface area contributed by atoms with Crippen molar-refractivity contribution in [3.05, 3.63) is 29.6 Å². The van der Waals surface area contributed by atoms with Gasteiger partial charge in [0.05, 0.1) is 11.8 Å². The van der Waals surface area contributed by atoms with E-state index in [2.05, 4.69) is 5.32 Å². The molecule has 14 heavy (non-hydrogen) atoms. The highest BCUT2D eigenvalue weighted by Crippen LogP contribution is 2.18. The van der Waals surface area contributed by atoms with Crippen molar-refractivity contribution in [1.29, 1.82) is 5.26 Å². The van der Waals surface area contributed by atoms with Crippen molar-refractivity contribution in [2.75, 3.05) is 5.32 Å². The standard InChI is InChI=1S/C10H9FN2O/c1-7-3-2-4-8(11)10(7)13-9(14)5-6-12/h2-4H,5H2,1H3,(H,13,14). The normalized spacial score (nSPS) is 9.21. The molecule has 0 aliphatic carbocycles. The summed E-state index contributed by atoms with van der Waals surface area (Å²) in [5.41, 5.74) is 0.782. The molecule has 0 spiro atoms.